The van der Waals surface area contributed by atoms with E-state index >= 15 is 0 Å². The summed E-state index contributed by atoms with van der Waals surface area (Å²) in [6.45, 7) is 5.44. The van der Waals surface area contributed by atoms with Gasteiger partial charge in [0.25, 0.3) is 0 Å². The maximum absolute atomic E-state index is 6.10. The number of aryl methyl sites for hydroxylation is 2. The molecule has 102 valence electrons. The number of hydrogen-bond donors (Lipinski definition) is 1. The minimum atomic E-state index is 0.765. The highest BCUT2D eigenvalue weighted by Crippen LogP contribution is 2.26. The van der Waals surface area contributed by atoms with E-state index in [2.05, 4.69) is 29.0 Å². The van der Waals surface area contributed by atoms with Crippen molar-refractivity contribution in [3.63, 3.8) is 0 Å². The Hall–Kier alpha value is -1.23. The highest BCUT2D eigenvalue weighted by atomic mass is 15.4. The van der Waals surface area contributed by atoms with Crippen LogP contribution in [-0.4, -0.2) is 48.4 Å². The van der Waals surface area contributed by atoms with Gasteiger partial charge in [-0.05, 0) is 45.8 Å². The summed E-state index contributed by atoms with van der Waals surface area (Å²) in [6, 6.07) is 0. The van der Waals surface area contributed by atoms with Gasteiger partial charge in [-0.3, -0.25) is 4.68 Å². The van der Waals surface area contributed by atoms with Crippen molar-refractivity contribution in [2.75, 3.05) is 44.4 Å². The van der Waals surface area contributed by atoms with E-state index in [1.165, 1.54) is 25.9 Å². The van der Waals surface area contributed by atoms with Crippen LogP contribution in [0.15, 0.2) is 0 Å². The van der Waals surface area contributed by atoms with Gasteiger partial charge in [0.2, 0.25) is 0 Å². The number of piperidine rings is 1. The van der Waals surface area contributed by atoms with E-state index in [4.69, 9.17) is 5.73 Å². The number of anilines is 2. The number of nitrogens with zero attached hydrogens (tertiary/aromatic N) is 4. The van der Waals surface area contributed by atoms with Crippen molar-refractivity contribution in [1.82, 2.24) is 14.7 Å². The second-order valence-corrected chi connectivity index (χ2v) is 5.57. The molecule has 2 rings (SSSR count). The van der Waals surface area contributed by atoms with Crippen molar-refractivity contribution in [2.24, 2.45) is 13.0 Å². The molecule has 1 aliphatic rings. The average Bonchev–Trinajstić information content (AvgIpc) is 2.56. The van der Waals surface area contributed by atoms with Crippen molar-refractivity contribution in [1.29, 1.82) is 0 Å². The first-order valence-electron chi connectivity index (χ1n) is 6.67. The first-order chi connectivity index (χ1) is 8.49. The molecule has 1 aliphatic heterocycles. The van der Waals surface area contributed by atoms with Crippen molar-refractivity contribution < 1.29 is 0 Å². The molecule has 1 saturated heterocycles. The molecule has 1 aromatic heterocycles. The lowest BCUT2D eigenvalue weighted by atomic mass is 9.97. The maximum atomic E-state index is 6.10. The molecule has 2 N–H and O–H groups in total. The number of rotatable bonds is 3. The number of nitrogens with two attached hydrogens (primary N) is 1. The Bertz CT molecular complexity index is 404. The van der Waals surface area contributed by atoms with Gasteiger partial charge in [-0.1, -0.05) is 0 Å². The van der Waals surface area contributed by atoms with Gasteiger partial charge in [-0.25, -0.2) is 0 Å². The summed E-state index contributed by atoms with van der Waals surface area (Å²) in [5.74, 6) is 1.81. The largest absolute Gasteiger partial charge is 0.394 e. The quantitative estimate of drug-likeness (QED) is 0.873. The fourth-order valence-electron chi connectivity index (χ4n) is 2.83. The van der Waals surface area contributed by atoms with Crippen LogP contribution >= 0.6 is 0 Å². The van der Waals surface area contributed by atoms with Crippen molar-refractivity contribution in [2.45, 2.75) is 19.8 Å². The molecule has 0 atom stereocenters. The van der Waals surface area contributed by atoms with Crippen LogP contribution in [0.2, 0.25) is 0 Å². The average molecular weight is 251 g/mol. The van der Waals surface area contributed by atoms with Crippen LogP contribution in [0.5, 0.6) is 0 Å². The van der Waals surface area contributed by atoms with Gasteiger partial charge in [0, 0.05) is 20.6 Å². The molecule has 18 heavy (non-hydrogen) atoms. The Morgan fingerprint density at radius 2 is 1.94 bits per heavy atom. The topological polar surface area (TPSA) is 50.3 Å². The van der Waals surface area contributed by atoms with Crippen LogP contribution in [0.1, 0.15) is 18.5 Å². The first-order valence-corrected chi connectivity index (χ1v) is 6.67. The third kappa shape index (κ3) is 2.61. The fraction of sp³-hybridized carbons (Fsp3) is 0.769. The van der Waals surface area contributed by atoms with E-state index in [1.54, 1.807) is 0 Å². The molecular formula is C13H25N5. The summed E-state index contributed by atoms with van der Waals surface area (Å²) >= 11 is 0. The Kier molecular flexibility index (Phi) is 3.80. The van der Waals surface area contributed by atoms with Crippen molar-refractivity contribution >= 4 is 11.5 Å². The van der Waals surface area contributed by atoms with Gasteiger partial charge in [-0.2, -0.15) is 5.10 Å². The van der Waals surface area contributed by atoms with E-state index in [0.29, 0.717) is 0 Å². The molecule has 0 aromatic carbocycles. The molecule has 0 amide bonds. The maximum Gasteiger partial charge on any atom is 0.150 e. The van der Waals surface area contributed by atoms with Gasteiger partial charge in [0.05, 0.1) is 11.4 Å². The minimum absolute atomic E-state index is 0.765. The van der Waals surface area contributed by atoms with Gasteiger partial charge in [-0.15, -0.1) is 0 Å². The molecule has 5 nitrogen and oxygen atoms in total. The monoisotopic (exact) mass is 251 g/mol. The summed E-state index contributed by atoms with van der Waals surface area (Å²) in [7, 11) is 6.28. The second-order valence-electron chi connectivity index (χ2n) is 5.57. The van der Waals surface area contributed by atoms with E-state index in [9.17, 15) is 0 Å². The van der Waals surface area contributed by atoms with Gasteiger partial charge in [0.1, 0.15) is 5.82 Å². The van der Waals surface area contributed by atoms with Crippen LogP contribution < -0.4 is 10.6 Å². The van der Waals surface area contributed by atoms with Crippen LogP contribution in [0.3, 0.4) is 0 Å². The lowest BCUT2D eigenvalue weighted by molar-refractivity contribution is 0.222. The molecule has 1 aromatic rings. The highest BCUT2D eigenvalue weighted by molar-refractivity contribution is 5.65. The van der Waals surface area contributed by atoms with Crippen LogP contribution in [0, 0.1) is 12.8 Å². The molecule has 0 saturated carbocycles. The van der Waals surface area contributed by atoms with E-state index < -0.39 is 0 Å². The Balaban J connectivity index is 2.01. The molecule has 0 spiro atoms. The van der Waals surface area contributed by atoms with Gasteiger partial charge < -0.3 is 15.5 Å². The predicted octanol–water partition coefficient (Wildman–Crippen LogP) is 1.09. The zero-order valence-corrected chi connectivity index (χ0v) is 12.0. The van der Waals surface area contributed by atoms with Gasteiger partial charge in [0.15, 0.2) is 0 Å². The summed E-state index contributed by atoms with van der Waals surface area (Å²) in [5.41, 5.74) is 7.83. The smallest absolute Gasteiger partial charge is 0.150 e. The van der Waals surface area contributed by atoms with Crippen molar-refractivity contribution in [3.05, 3.63) is 5.69 Å². The molecule has 0 unspecified atom stereocenters. The summed E-state index contributed by atoms with van der Waals surface area (Å²) < 4.78 is 1.89. The summed E-state index contributed by atoms with van der Waals surface area (Å²) in [4.78, 5) is 4.66. The molecule has 5 heteroatoms. The Labute approximate surface area is 110 Å². The Morgan fingerprint density at radius 3 is 2.44 bits per heavy atom. The lowest BCUT2D eigenvalue weighted by Gasteiger charge is -2.32. The fourth-order valence-corrected chi connectivity index (χ4v) is 2.83. The number of likely N-dealkylation sites (tertiary alicyclic amines) is 1. The highest BCUT2D eigenvalue weighted by Gasteiger charge is 2.21. The lowest BCUT2D eigenvalue weighted by Crippen LogP contribution is -2.36. The van der Waals surface area contributed by atoms with Crippen LogP contribution in [0.25, 0.3) is 0 Å². The number of nitrogen functional groups attached to an aromatic ring is 1. The second kappa shape index (κ2) is 5.18. The van der Waals surface area contributed by atoms with Crippen molar-refractivity contribution in [3.8, 4) is 0 Å². The van der Waals surface area contributed by atoms with E-state index in [1.807, 2.05) is 18.7 Å². The van der Waals surface area contributed by atoms with Crippen LogP contribution in [0.4, 0.5) is 11.5 Å². The molecule has 0 bridgehead atoms. The van der Waals surface area contributed by atoms with Gasteiger partial charge >= 0.3 is 0 Å². The molecule has 1 fully saturated rings. The van der Waals surface area contributed by atoms with E-state index in [-0.39, 0.29) is 0 Å². The number of hydrogen-bond acceptors (Lipinski definition) is 4. The Morgan fingerprint density at radius 1 is 1.33 bits per heavy atom. The summed E-state index contributed by atoms with van der Waals surface area (Å²) in [5, 5.41) is 4.38. The SMILES string of the molecule is Cc1nn(C)c(N(C)CC2CCN(C)CC2)c1N. The molecule has 0 radical (unpaired) electrons. The first kappa shape index (κ1) is 13.2. The summed E-state index contributed by atoms with van der Waals surface area (Å²) in [6.07, 6.45) is 2.55. The standard InChI is InChI=1S/C13H25N5/c1-10-12(14)13(18(4)15-10)17(3)9-11-5-7-16(2)8-6-11/h11H,5-9,14H2,1-4H3. The third-order valence-corrected chi connectivity index (χ3v) is 3.97. The molecular weight excluding hydrogens is 226 g/mol. The zero-order chi connectivity index (χ0) is 13.3. The number of aromatic nitrogens is 2. The zero-order valence-electron chi connectivity index (χ0n) is 12.0. The minimum Gasteiger partial charge on any atom is -0.394 e. The molecule has 0 aliphatic carbocycles. The van der Waals surface area contributed by atoms with Crippen LogP contribution in [-0.2, 0) is 7.05 Å². The third-order valence-electron chi connectivity index (χ3n) is 3.97. The predicted molar refractivity (Wildman–Crippen MR) is 75.8 cm³/mol. The van der Waals surface area contributed by atoms with E-state index in [0.717, 1.165) is 29.7 Å². The molecule has 2 heterocycles. The normalized spacial score (nSPS) is 18.2.